The highest BCUT2D eigenvalue weighted by atomic mass is 16.7. The highest BCUT2D eigenvalue weighted by Gasteiger charge is 2.50. The van der Waals surface area contributed by atoms with E-state index in [-0.39, 0.29) is 11.5 Å². The highest BCUT2D eigenvalue weighted by molar-refractivity contribution is 5.63. The van der Waals surface area contributed by atoms with Crippen molar-refractivity contribution in [3.63, 3.8) is 0 Å². The van der Waals surface area contributed by atoms with Crippen molar-refractivity contribution >= 4 is 0 Å². The number of hydrogen-bond donors (Lipinski definition) is 2. The number of fused-ring (bicyclic) bond motifs is 3. The Kier molecular flexibility index (Phi) is 2.43. The Balaban J connectivity index is 1.72. The fourth-order valence-corrected chi connectivity index (χ4v) is 5.00. The molecule has 112 valence electrons. The van der Waals surface area contributed by atoms with Gasteiger partial charge in [-0.05, 0) is 62.3 Å². The summed E-state index contributed by atoms with van der Waals surface area (Å²) in [5.74, 6) is 1.94. The maximum absolute atomic E-state index is 9.91. The normalized spacial score (nSPS) is 36.0. The average molecular weight is 287 g/mol. The van der Waals surface area contributed by atoms with E-state index in [0.717, 1.165) is 56.6 Å². The Morgan fingerprint density at radius 1 is 1.24 bits per heavy atom. The first-order chi connectivity index (χ1) is 10.3. The van der Waals surface area contributed by atoms with Crippen LogP contribution in [0.25, 0.3) is 0 Å². The van der Waals surface area contributed by atoms with Crippen LogP contribution in [0.3, 0.4) is 0 Å². The number of hydrogen-bond acceptors (Lipinski definition) is 4. The van der Waals surface area contributed by atoms with E-state index in [0.29, 0.717) is 12.8 Å². The molecule has 0 saturated heterocycles. The predicted molar refractivity (Wildman–Crippen MR) is 77.8 cm³/mol. The van der Waals surface area contributed by atoms with Gasteiger partial charge in [0.25, 0.3) is 0 Å². The second kappa shape index (κ2) is 4.14. The lowest BCUT2D eigenvalue weighted by Gasteiger charge is -2.37. The van der Waals surface area contributed by atoms with Gasteiger partial charge in [0.2, 0.25) is 6.79 Å². The van der Waals surface area contributed by atoms with Gasteiger partial charge in [0.1, 0.15) is 0 Å². The van der Waals surface area contributed by atoms with E-state index in [4.69, 9.17) is 9.47 Å². The van der Waals surface area contributed by atoms with Crippen molar-refractivity contribution in [3.8, 4) is 11.5 Å². The monoisotopic (exact) mass is 287 g/mol. The molecule has 0 radical (unpaired) electrons. The van der Waals surface area contributed by atoms with Crippen molar-refractivity contribution in [2.45, 2.75) is 56.1 Å². The van der Waals surface area contributed by atoms with Crippen LogP contribution in [0.15, 0.2) is 6.07 Å². The van der Waals surface area contributed by atoms with Crippen molar-refractivity contribution in [1.29, 1.82) is 0 Å². The van der Waals surface area contributed by atoms with Gasteiger partial charge >= 0.3 is 0 Å². The van der Waals surface area contributed by atoms with Crippen LogP contribution in [0.4, 0.5) is 0 Å². The van der Waals surface area contributed by atoms with Gasteiger partial charge in [0, 0.05) is 17.0 Å². The van der Waals surface area contributed by atoms with Gasteiger partial charge in [-0.15, -0.1) is 0 Å². The zero-order valence-electron chi connectivity index (χ0n) is 12.2. The Bertz CT molecular complexity index is 605. The zero-order chi connectivity index (χ0) is 14.0. The summed E-state index contributed by atoms with van der Waals surface area (Å²) in [5.41, 5.74) is 4.53. The smallest absolute Gasteiger partial charge is 0.231 e. The van der Waals surface area contributed by atoms with E-state index in [9.17, 15) is 5.11 Å². The second-order valence-electron chi connectivity index (χ2n) is 7.03. The summed E-state index contributed by atoms with van der Waals surface area (Å²) >= 11 is 0. The van der Waals surface area contributed by atoms with Gasteiger partial charge in [0.15, 0.2) is 11.5 Å². The lowest BCUT2D eigenvalue weighted by molar-refractivity contribution is 0.0914. The van der Waals surface area contributed by atoms with Gasteiger partial charge in [0.05, 0.1) is 6.10 Å². The summed E-state index contributed by atoms with van der Waals surface area (Å²) in [6.07, 6.45) is 6.07. The minimum atomic E-state index is -0.121. The van der Waals surface area contributed by atoms with E-state index in [1.54, 1.807) is 0 Å². The lowest BCUT2D eigenvalue weighted by atomic mass is 9.69. The minimum absolute atomic E-state index is 0.121. The number of nitrogens with one attached hydrogen (secondary N) is 1. The molecular weight excluding hydrogens is 266 g/mol. The van der Waals surface area contributed by atoms with Gasteiger partial charge < -0.3 is 19.9 Å². The van der Waals surface area contributed by atoms with Gasteiger partial charge in [-0.2, -0.15) is 0 Å². The molecule has 4 nitrogen and oxygen atoms in total. The summed E-state index contributed by atoms with van der Waals surface area (Å²) in [6, 6.07) is 2.67. The predicted octanol–water partition coefficient (Wildman–Crippen LogP) is 2.18. The van der Waals surface area contributed by atoms with E-state index in [2.05, 4.69) is 11.4 Å². The van der Waals surface area contributed by atoms with Crippen LogP contribution in [-0.4, -0.2) is 24.5 Å². The first kappa shape index (κ1) is 12.3. The molecule has 21 heavy (non-hydrogen) atoms. The molecule has 4 aliphatic rings. The van der Waals surface area contributed by atoms with Crippen LogP contribution in [-0.2, 0) is 11.8 Å². The molecule has 1 atom stereocenters. The standard InChI is InChI=1S/C17H21NO3/c19-11-1-4-17(5-2-11)8-12-14-10(3-6-18-12)7-13-16(15(14)17)21-9-20-13/h7,11-12,18-19H,1-6,8-9H2. The van der Waals surface area contributed by atoms with Crippen molar-refractivity contribution in [2.75, 3.05) is 13.3 Å². The van der Waals surface area contributed by atoms with Crippen molar-refractivity contribution in [1.82, 2.24) is 5.32 Å². The number of ether oxygens (including phenoxy) is 2. The average Bonchev–Trinajstić information content (AvgIpc) is 3.07. The van der Waals surface area contributed by atoms with E-state index >= 15 is 0 Å². The molecule has 0 aromatic heterocycles. The van der Waals surface area contributed by atoms with Crippen LogP contribution < -0.4 is 14.8 Å². The Morgan fingerprint density at radius 3 is 2.95 bits per heavy atom. The summed E-state index contributed by atoms with van der Waals surface area (Å²) < 4.78 is 11.5. The van der Waals surface area contributed by atoms with Crippen molar-refractivity contribution in [2.24, 2.45) is 0 Å². The third-order valence-electron chi connectivity index (χ3n) is 5.96. The molecule has 2 aliphatic carbocycles. The van der Waals surface area contributed by atoms with Crippen LogP contribution in [0.1, 0.15) is 54.8 Å². The van der Waals surface area contributed by atoms with E-state index in [1.165, 1.54) is 16.7 Å². The second-order valence-corrected chi connectivity index (χ2v) is 7.03. The third kappa shape index (κ3) is 1.58. The van der Waals surface area contributed by atoms with Gasteiger partial charge in [-0.1, -0.05) is 0 Å². The molecule has 1 spiro atoms. The first-order valence-corrected chi connectivity index (χ1v) is 8.14. The molecule has 2 aliphatic heterocycles. The number of aliphatic hydroxyl groups is 1. The lowest BCUT2D eigenvalue weighted by Crippen LogP contribution is -2.33. The van der Waals surface area contributed by atoms with Crippen LogP contribution in [0.2, 0.25) is 0 Å². The third-order valence-corrected chi connectivity index (χ3v) is 5.96. The Labute approximate surface area is 124 Å². The van der Waals surface area contributed by atoms with E-state index in [1.807, 2.05) is 0 Å². The summed E-state index contributed by atoms with van der Waals surface area (Å²) in [6.45, 7) is 1.40. The maximum atomic E-state index is 9.91. The summed E-state index contributed by atoms with van der Waals surface area (Å²) in [5, 5.41) is 13.6. The molecule has 1 saturated carbocycles. The fraction of sp³-hybridized carbons (Fsp3) is 0.647. The molecular formula is C17H21NO3. The van der Waals surface area contributed by atoms with Crippen LogP contribution in [0.5, 0.6) is 11.5 Å². The number of benzene rings is 1. The molecule has 1 fully saturated rings. The molecule has 2 N–H and O–H groups in total. The Morgan fingerprint density at radius 2 is 2.10 bits per heavy atom. The van der Waals surface area contributed by atoms with Crippen molar-refractivity contribution in [3.05, 3.63) is 22.8 Å². The fourth-order valence-electron chi connectivity index (χ4n) is 5.00. The SMILES string of the molecule is OC1CCC2(CC1)CC1NCCc3cc4c(c2c31)OCO4. The Hall–Kier alpha value is -1.26. The zero-order valence-corrected chi connectivity index (χ0v) is 12.2. The topological polar surface area (TPSA) is 50.7 Å². The van der Waals surface area contributed by atoms with Gasteiger partial charge in [-0.3, -0.25) is 0 Å². The first-order valence-electron chi connectivity index (χ1n) is 8.14. The highest BCUT2D eigenvalue weighted by Crippen LogP contribution is 2.60. The molecule has 0 bridgehead atoms. The largest absolute Gasteiger partial charge is 0.454 e. The molecule has 1 unspecified atom stereocenters. The van der Waals surface area contributed by atoms with Crippen molar-refractivity contribution < 1.29 is 14.6 Å². The van der Waals surface area contributed by atoms with Crippen LogP contribution >= 0.6 is 0 Å². The molecule has 1 aromatic carbocycles. The number of aliphatic hydroxyl groups excluding tert-OH is 1. The molecule has 2 heterocycles. The van der Waals surface area contributed by atoms with Gasteiger partial charge in [-0.25, -0.2) is 0 Å². The molecule has 4 heteroatoms. The molecule has 1 aromatic rings. The molecule has 0 amide bonds. The maximum Gasteiger partial charge on any atom is 0.231 e. The number of rotatable bonds is 0. The van der Waals surface area contributed by atoms with Crippen LogP contribution in [0, 0.1) is 0 Å². The quantitative estimate of drug-likeness (QED) is 0.768. The van der Waals surface area contributed by atoms with E-state index < -0.39 is 0 Å². The minimum Gasteiger partial charge on any atom is -0.454 e. The molecule has 5 rings (SSSR count). The summed E-state index contributed by atoms with van der Waals surface area (Å²) in [7, 11) is 0. The summed E-state index contributed by atoms with van der Waals surface area (Å²) in [4.78, 5) is 0.